The molecule has 0 bridgehead atoms. The molecule has 0 radical (unpaired) electrons. The highest BCUT2D eigenvalue weighted by molar-refractivity contribution is 7.89. The minimum atomic E-state index is -3.67. The van der Waals surface area contributed by atoms with Gasteiger partial charge in [0, 0.05) is 28.5 Å². The Labute approximate surface area is 161 Å². The summed E-state index contributed by atoms with van der Waals surface area (Å²) >= 11 is 5.89. The Morgan fingerprint density at radius 3 is 2.33 bits per heavy atom. The molecule has 27 heavy (non-hydrogen) atoms. The Hall–Kier alpha value is -2.90. The number of ether oxygens (including phenoxy) is 1. The molecule has 3 rings (SSSR count). The molecule has 0 fully saturated rings. The fourth-order valence-corrected chi connectivity index (χ4v) is 2.95. The van der Waals surface area contributed by atoms with Crippen molar-refractivity contribution in [1.29, 1.82) is 0 Å². The minimum absolute atomic E-state index is 0.190. The second kappa shape index (κ2) is 7.77. The van der Waals surface area contributed by atoms with Crippen molar-refractivity contribution in [3.63, 3.8) is 0 Å². The van der Waals surface area contributed by atoms with Crippen molar-refractivity contribution in [3.05, 3.63) is 77.6 Å². The molecule has 1 aromatic heterocycles. The molecule has 3 aromatic rings. The van der Waals surface area contributed by atoms with Gasteiger partial charge < -0.3 is 4.74 Å². The number of amides is 1. The molecule has 0 aliphatic rings. The zero-order chi connectivity index (χ0) is 19.4. The summed E-state index contributed by atoms with van der Waals surface area (Å²) in [4.78, 5) is 16.2. The van der Waals surface area contributed by atoms with E-state index in [-0.39, 0.29) is 5.56 Å². The van der Waals surface area contributed by atoms with Crippen molar-refractivity contribution >= 4 is 27.5 Å². The summed E-state index contributed by atoms with van der Waals surface area (Å²) in [6.07, 6.45) is 4.15. The van der Waals surface area contributed by atoms with E-state index < -0.39 is 15.9 Å². The number of aromatic nitrogens is 1. The number of hydrogen-bond donors (Lipinski definition) is 1. The first kappa shape index (κ1) is 18.9. The summed E-state index contributed by atoms with van der Waals surface area (Å²) in [5.41, 5.74) is 1.58. The molecular weight excluding hydrogens is 388 g/mol. The molecule has 0 saturated carbocycles. The maximum atomic E-state index is 12.2. The quantitative estimate of drug-likeness (QED) is 0.699. The van der Waals surface area contributed by atoms with Gasteiger partial charge in [-0.15, -0.1) is 0 Å². The highest BCUT2D eigenvalue weighted by atomic mass is 35.5. The Kier molecular flexibility index (Phi) is 5.43. The Morgan fingerprint density at radius 1 is 1.04 bits per heavy atom. The van der Waals surface area contributed by atoms with Gasteiger partial charge in [-0.2, -0.15) is 0 Å². The first-order valence-electron chi connectivity index (χ1n) is 7.82. The molecule has 6 nitrogen and oxygen atoms in total. The van der Waals surface area contributed by atoms with Crippen LogP contribution in [0.25, 0.3) is 11.1 Å². The van der Waals surface area contributed by atoms with Crippen LogP contribution in [-0.4, -0.2) is 25.6 Å². The van der Waals surface area contributed by atoms with E-state index >= 15 is 0 Å². The molecule has 0 aliphatic carbocycles. The van der Waals surface area contributed by atoms with Crippen LogP contribution in [0.4, 0.5) is 0 Å². The number of halogens is 1. The van der Waals surface area contributed by atoms with E-state index in [4.69, 9.17) is 16.3 Å². The van der Waals surface area contributed by atoms with E-state index in [1.54, 1.807) is 60.9 Å². The van der Waals surface area contributed by atoms with Crippen LogP contribution in [0.1, 0.15) is 10.4 Å². The molecule has 1 amide bonds. The molecule has 2 aromatic carbocycles. The second-order valence-electron chi connectivity index (χ2n) is 5.71. The van der Waals surface area contributed by atoms with Crippen LogP contribution in [0.5, 0.6) is 11.5 Å². The molecule has 0 spiro atoms. The third-order valence-electron chi connectivity index (χ3n) is 3.55. The van der Waals surface area contributed by atoms with Crippen LogP contribution in [-0.2, 0) is 10.0 Å². The van der Waals surface area contributed by atoms with Gasteiger partial charge in [-0.05, 0) is 60.2 Å². The lowest BCUT2D eigenvalue weighted by atomic mass is 10.0. The van der Waals surface area contributed by atoms with Gasteiger partial charge in [0.25, 0.3) is 5.91 Å². The number of benzene rings is 2. The summed E-state index contributed by atoms with van der Waals surface area (Å²) < 4.78 is 30.5. The third kappa shape index (κ3) is 5.06. The normalized spacial score (nSPS) is 11.0. The van der Waals surface area contributed by atoms with Gasteiger partial charge in [0.15, 0.2) is 0 Å². The Balaban J connectivity index is 2.02. The molecule has 1 heterocycles. The largest absolute Gasteiger partial charge is 0.457 e. The van der Waals surface area contributed by atoms with Gasteiger partial charge in [-0.3, -0.25) is 9.78 Å². The lowest BCUT2D eigenvalue weighted by Gasteiger charge is -2.13. The molecule has 0 saturated heterocycles. The molecule has 8 heteroatoms. The smallest absolute Gasteiger partial charge is 0.264 e. The van der Waals surface area contributed by atoms with Crippen LogP contribution in [0.3, 0.4) is 0 Å². The monoisotopic (exact) mass is 402 g/mol. The molecule has 1 N–H and O–H groups in total. The van der Waals surface area contributed by atoms with Crippen LogP contribution in [0, 0.1) is 0 Å². The van der Waals surface area contributed by atoms with Crippen LogP contribution in [0.2, 0.25) is 5.02 Å². The topological polar surface area (TPSA) is 85.4 Å². The maximum absolute atomic E-state index is 12.2. The standard InChI is InChI=1S/C19H15ClN2O4S/c1-27(24,25)22-19(23)14-2-7-18(26-16-5-3-15(20)4-6-16)17(12-14)13-8-10-21-11-9-13/h2-12H,1H3,(H,22,23). The average molecular weight is 403 g/mol. The van der Waals surface area contributed by atoms with Crippen LogP contribution >= 0.6 is 11.6 Å². The lowest BCUT2D eigenvalue weighted by molar-refractivity contribution is 0.0981. The summed E-state index contributed by atoms with van der Waals surface area (Å²) in [6.45, 7) is 0. The number of hydrogen-bond acceptors (Lipinski definition) is 5. The first-order chi connectivity index (χ1) is 12.8. The summed E-state index contributed by atoms with van der Waals surface area (Å²) in [7, 11) is -3.67. The highest BCUT2D eigenvalue weighted by Crippen LogP contribution is 2.34. The predicted octanol–water partition coefficient (Wildman–Crippen LogP) is 3.88. The Bertz CT molecular complexity index is 1070. The fraction of sp³-hybridized carbons (Fsp3) is 0.0526. The molecule has 0 atom stereocenters. The Morgan fingerprint density at radius 2 is 1.70 bits per heavy atom. The number of nitrogens with one attached hydrogen (secondary N) is 1. The van der Waals surface area contributed by atoms with E-state index in [0.29, 0.717) is 22.1 Å². The molecular formula is C19H15ClN2O4S. The van der Waals surface area contributed by atoms with Crippen molar-refractivity contribution in [2.75, 3.05) is 6.26 Å². The van der Waals surface area contributed by atoms with Gasteiger partial charge in [0.2, 0.25) is 10.0 Å². The van der Waals surface area contributed by atoms with Gasteiger partial charge in [-0.1, -0.05) is 11.6 Å². The van der Waals surface area contributed by atoms with E-state index in [0.717, 1.165) is 11.8 Å². The minimum Gasteiger partial charge on any atom is -0.457 e. The number of rotatable bonds is 5. The second-order valence-corrected chi connectivity index (χ2v) is 7.89. The van der Waals surface area contributed by atoms with Crippen molar-refractivity contribution < 1.29 is 17.9 Å². The lowest BCUT2D eigenvalue weighted by Crippen LogP contribution is -2.29. The van der Waals surface area contributed by atoms with Gasteiger partial charge in [0.1, 0.15) is 11.5 Å². The van der Waals surface area contributed by atoms with E-state index in [9.17, 15) is 13.2 Å². The number of sulfonamides is 1. The van der Waals surface area contributed by atoms with Crippen LogP contribution in [0.15, 0.2) is 67.0 Å². The molecule has 0 aliphatic heterocycles. The molecule has 138 valence electrons. The predicted molar refractivity (Wildman–Crippen MR) is 104 cm³/mol. The first-order valence-corrected chi connectivity index (χ1v) is 10.1. The summed E-state index contributed by atoms with van der Waals surface area (Å²) in [5.74, 6) is 0.355. The molecule has 0 unspecified atom stereocenters. The summed E-state index contributed by atoms with van der Waals surface area (Å²) in [5, 5.41) is 0.588. The van der Waals surface area contributed by atoms with E-state index in [1.165, 1.54) is 6.07 Å². The highest BCUT2D eigenvalue weighted by Gasteiger charge is 2.15. The van der Waals surface area contributed by atoms with Gasteiger partial charge >= 0.3 is 0 Å². The van der Waals surface area contributed by atoms with Crippen molar-refractivity contribution in [2.45, 2.75) is 0 Å². The zero-order valence-electron chi connectivity index (χ0n) is 14.2. The number of carbonyl (C=O) groups is 1. The summed E-state index contributed by atoms with van der Waals surface area (Å²) in [6, 6.07) is 15.1. The van der Waals surface area contributed by atoms with E-state index in [2.05, 4.69) is 4.98 Å². The van der Waals surface area contributed by atoms with Gasteiger partial charge in [0.05, 0.1) is 6.26 Å². The average Bonchev–Trinajstić information content (AvgIpc) is 2.63. The SMILES string of the molecule is CS(=O)(=O)NC(=O)c1ccc(Oc2ccc(Cl)cc2)c(-c2ccncc2)c1. The van der Waals surface area contributed by atoms with E-state index in [1.807, 2.05) is 4.72 Å². The zero-order valence-corrected chi connectivity index (χ0v) is 15.8. The van der Waals surface area contributed by atoms with Crippen molar-refractivity contribution in [2.24, 2.45) is 0 Å². The number of nitrogens with zero attached hydrogens (tertiary/aromatic N) is 1. The number of carbonyl (C=O) groups excluding carboxylic acids is 1. The van der Waals surface area contributed by atoms with Crippen molar-refractivity contribution in [3.8, 4) is 22.6 Å². The van der Waals surface area contributed by atoms with Crippen LogP contribution < -0.4 is 9.46 Å². The third-order valence-corrected chi connectivity index (χ3v) is 4.36. The van der Waals surface area contributed by atoms with Crippen molar-refractivity contribution in [1.82, 2.24) is 9.71 Å². The fourth-order valence-electron chi connectivity index (χ4n) is 2.37. The maximum Gasteiger partial charge on any atom is 0.264 e. The number of pyridine rings is 1. The van der Waals surface area contributed by atoms with Gasteiger partial charge in [-0.25, -0.2) is 13.1 Å².